The van der Waals surface area contributed by atoms with Gasteiger partial charge in [0.05, 0.1) is 15.7 Å². The Labute approximate surface area is 278 Å². The van der Waals surface area contributed by atoms with E-state index in [-0.39, 0.29) is 0 Å². The molecule has 0 aliphatic rings. The monoisotopic (exact) mass is 618 g/mol. The fraction of sp³-hybridized carbons (Fsp3) is 0. The number of hydrogen-bond donors (Lipinski definition) is 0. The lowest BCUT2D eigenvalue weighted by atomic mass is 10.0. The predicted octanol–water partition coefficient (Wildman–Crippen LogP) is 12.8. The van der Waals surface area contributed by atoms with Crippen LogP contribution >= 0.6 is 11.3 Å². The molecule has 2 heterocycles. The van der Waals surface area contributed by atoms with Crippen molar-refractivity contribution in [1.29, 1.82) is 0 Å². The van der Waals surface area contributed by atoms with Crippen molar-refractivity contribution >= 4 is 59.6 Å². The predicted molar refractivity (Wildman–Crippen MR) is 202 cm³/mol. The highest BCUT2D eigenvalue weighted by molar-refractivity contribution is 7.27. The molecule has 9 rings (SSSR count). The second kappa shape index (κ2) is 11.5. The summed E-state index contributed by atoms with van der Waals surface area (Å²) in [6.07, 6.45) is 0. The molecule has 0 saturated heterocycles. The number of nitrogens with zero attached hydrogens (tertiary/aromatic N) is 2. The third kappa shape index (κ3) is 4.72. The minimum Gasteiger partial charge on any atom is -0.310 e. The standard InChI is InChI=1S/C44H30N2S/c1-4-14-31(15-5-1)32-26-28-36(29-27-32)45(34-17-6-2-7-18-34)37-21-12-16-33(30-37)38-23-13-24-40-42-44(47-43(38)40)39-22-10-11-25-41(39)46(42)35-19-8-3-9-20-35/h1-30H. The summed E-state index contributed by atoms with van der Waals surface area (Å²) in [6, 6.07) is 65.3. The average molecular weight is 619 g/mol. The molecule has 2 aromatic heterocycles. The summed E-state index contributed by atoms with van der Waals surface area (Å²) < 4.78 is 5.07. The highest BCUT2D eigenvalue weighted by atomic mass is 32.1. The van der Waals surface area contributed by atoms with Crippen LogP contribution in [0.4, 0.5) is 17.1 Å². The second-order valence-corrected chi connectivity index (χ2v) is 12.8. The maximum Gasteiger partial charge on any atom is 0.0727 e. The van der Waals surface area contributed by atoms with E-state index in [4.69, 9.17) is 0 Å². The van der Waals surface area contributed by atoms with Crippen molar-refractivity contribution in [2.75, 3.05) is 4.90 Å². The molecule has 0 saturated carbocycles. The molecule has 0 N–H and O–H groups in total. The molecule has 0 aliphatic carbocycles. The Morgan fingerprint density at radius 1 is 0.404 bits per heavy atom. The first-order chi connectivity index (χ1) is 23.3. The molecule has 0 unspecified atom stereocenters. The highest BCUT2D eigenvalue weighted by Crippen LogP contribution is 2.46. The quantitative estimate of drug-likeness (QED) is 0.180. The van der Waals surface area contributed by atoms with Crippen LogP contribution in [0.25, 0.3) is 59.1 Å². The lowest BCUT2D eigenvalue weighted by molar-refractivity contribution is 1.19. The number of benzene rings is 7. The van der Waals surface area contributed by atoms with Gasteiger partial charge in [-0.2, -0.15) is 0 Å². The molecule has 0 aliphatic heterocycles. The van der Waals surface area contributed by atoms with E-state index in [1.165, 1.54) is 59.1 Å². The lowest BCUT2D eigenvalue weighted by Crippen LogP contribution is -2.09. The minimum atomic E-state index is 1.12. The number of thiophene rings is 1. The first kappa shape index (κ1) is 27.4. The summed E-state index contributed by atoms with van der Waals surface area (Å²) in [5.41, 5.74) is 12.0. The Morgan fingerprint density at radius 2 is 0.979 bits per heavy atom. The maximum absolute atomic E-state index is 2.43. The van der Waals surface area contributed by atoms with Gasteiger partial charge in [0, 0.05) is 38.2 Å². The first-order valence-corrected chi connectivity index (χ1v) is 16.8. The van der Waals surface area contributed by atoms with Crippen molar-refractivity contribution in [1.82, 2.24) is 4.57 Å². The molecule has 0 atom stereocenters. The SMILES string of the molecule is c1ccc(-c2ccc(N(c3ccccc3)c3cccc(-c4cccc5c4sc4c6ccccc6n(-c6ccccc6)c54)c3)cc2)cc1. The largest absolute Gasteiger partial charge is 0.310 e. The van der Waals surface area contributed by atoms with Crippen LogP contribution in [0, 0.1) is 0 Å². The van der Waals surface area contributed by atoms with Crippen molar-refractivity contribution < 1.29 is 0 Å². The van der Waals surface area contributed by atoms with Gasteiger partial charge < -0.3 is 9.47 Å². The summed E-state index contributed by atoms with van der Waals surface area (Å²) >= 11 is 1.90. The molecular formula is C44H30N2S. The van der Waals surface area contributed by atoms with Gasteiger partial charge in [-0.1, -0.05) is 127 Å². The molecule has 0 spiro atoms. The Kier molecular flexibility index (Phi) is 6.69. The van der Waals surface area contributed by atoms with Crippen LogP contribution in [-0.2, 0) is 0 Å². The normalized spacial score (nSPS) is 11.4. The van der Waals surface area contributed by atoms with Gasteiger partial charge in [0.2, 0.25) is 0 Å². The van der Waals surface area contributed by atoms with Crippen LogP contribution in [0.3, 0.4) is 0 Å². The Balaban J connectivity index is 1.20. The number of hydrogen-bond acceptors (Lipinski definition) is 2. The summed E-state index contributed by atoms with van der Waals surface area (Å²) in [7, 11) is 0. The van der Waals surface area contributed by atoms with Crippen LogP contribution in [0.2, 0.25) is 0 Å². The van der Waals surface area contributed by atoms with Crippen molar-refractivity contribution in [2.24, 2.45) is 0 Å². The molecule has 2 nitrogen and oxygen atoms in total. The summed E-state index contributed by atoms with van der Waals surface area (Å²) in [5, 5.41) is 2.57. The Bertz CT molecular complexity index is 2490. The fourth-order valence-corrected chi connectivity index (χ4v) is 8.19. The molecule has 7 aromatic carbocycles. The second-order valence-electron chi connectivity index (χ2n) is 11.8. The molecule has 47 heavy (non-hydrogen) atoms. The van der Waals surface area contributed by atoms with Crippen LogP contribution < -0.4 is 4.90 Å². The molecule has 0 radical (unpaired) electrons. The van der Waals surface area contributed by atoms with Gasteiger partial charge >= 0.3 is 0 Å². The third-order valence-corrected chi connectivity index (χ3v) is 10.2. The van der Waals surface area contributed by atoms with E-state index in [0.29, 0.717) is 0 Å². The number of para-hydroxylation sites is 3. The summed E-state index contributed by atoms with van der Waals surface area (Å²) in [6.45, 7) is 0. The molecule has 9 aromatic rings. The molecule has 0 amide bonds. The van der Waals surface area contributed by atoms with E-state index >= 15 is 0 Å². The first-order valence-electron chi connectivity index (χ1n) is 15.9. The molecular weight excluding hydrogens is 589 g/mol. The van der Waals surface area contributed by atoms with Gasteiger partial charge in [0.15, 0.2) is 0 Å². The molecule has 0 fully saturated rings. The van der Waals surface area contributed by atoms with E-state index in [1.807, 2.05) is 11.3 Å². The van der Waals surface area contributed by atoms with Gasteiger partial charge in [-0.25, -0.2) is 0 Å². The number of rotatable bonds is 6. The van der Waals surface area contributed by atoms with Crippen molar-refractivity contribution in [3.63, 3.8) is 0 Å². The van der Waals surface area contributed by atoms with Gasteiger partial charge in [0.1, 0.15) is 0 Å². The zero-order valence-electron chi connectivity index (χ0n) is 25.6. The van der Waals surface area contributed by atoms with E-state index in [1.54, 1.807) is 0 Å². The maximum atomic E-state index is 2.43. The van der Waals surface area contributed by atoms with Gasteiger partial charge in [-0.05, 0) is 76.9 Å². The van der Waals surface area contributed by atoms with E-state index in [2.05, 4.69) is 191 Å². The lowest BCUT2D eigenvalue weighted by Gasteiger charge is -2.26. The summed E-state index contributed by atoms with van der Waals surface area (Å²) in [4.78, 5) is 2.35. The number of fused-ring (bicyclic) bond motifs is 5. The van der Waals surface area contributed by atoms with Gasteiger partial charge in [-0.15, -0.1) is 11.3 Å². The number of anilines is 3. The Hall–Kier alpha value is -5.90. The number of aromatic nitrogens is 1. The van der Waals surface area contributed by atoms with E-state index in [9.17, 15) is 0 Å². The van der Waals surface area contributed by atoms with Gasteiger partial charge in [-0.3, -0.25) is 0 Å². The zero-order valence-corrected chi connectivity index (χ0v) is 26.4. The van der Waals surface area contributed by atoms with Crippen molar-refractivity contribution in [2.45, 2.75) is 0 Å². The third-order valence-electron chi connectivity index (χ3n) is 8.98. The molecule has 0 bridgehead atoms. The molecule has 222 valence electrons. The van der Waals surface area contributed by atoms with E-state index in [0.717, 1.165) is 17.1 Å². The van der Waals surface area contributed by atoms with Crippen molar-refractivity contribution in [3.05, 3.63) is 182 Å². The van der Waals surface area contributed by atoms with Crippen LogP contribution in [-0.4, -0.2) is 4.57 Å². The Morgan fingerprint density at radius 3 is 1.77 bits per heavy atom. The fourth-order valence-electron chi connectivity index (χ4n) is 6.83. The van der Waals surface area contributed by atoms with Crippen molar-refractivity contribution in [3.8, 4) is 27.9 Å². The molecule has 3 heteroatoms. The highest BCUT2D eigenvalue weighted by Gasteiger charge is 2.20. The van der Waals surface area contributed by atoms with Crippen LogP contribution in [0.15, 0.2) is 182 Å². The minimum absolute atomic E-state index is 1.12. The zero-order chi connectivity index (χ0) is 31.2. The topological polar surface area (TPSA) is 8.17 Å². The average Bonchev–Trinajstić information content (AvgIpc) is 3.68. The van der Waals surface area contributed by atoms with Crippen LogP contribution in [0.5, 0.6) is 0 Å². The summed E-state index contributed by atoms with van der Waals surface area (Å²) in [5.74, 6) is 0. The van der Waals surface area contributed by atoms with Gasteiger partial charge in [0.25, 0.3) is 0 Å². The van der Waals surface area contributed by atoms with Crippen LogP contribution in [0.1, 0.15) is 0 Å². The smallest absolute Gasteiger partial charge is 0.0727 e. The van der Waals surface area contributed by atoms with E-state index < -0.39 is 0 Å².